The highest BCUT2D eigenvalue weighted by Crippen LogP contribution is 2.18. The van der Waals surface area contributed by atoms with E-state index in [4.69, 9.17) is 5.73 Å². The molecule has 0 fully saturated rings. The molecule has 0 saturated carbocycles. The van der Waals surface area contributed by atoms with Crippen molar-refractivity contribution in [1.82, 2.24) is 21.3 Å². The summed E-state index contributed by atoms with van der Waals surface area (Å²) in [5.74, 6) is -4.01. The summed E-state index contributed by atoms with van der Waals surface area (Å²) in [7, 11) is 0. The summed E-state index contributed by atoms with van der Waals surface area (Å²) < 4.78 is 0. The first-order valence-corrected chi connectivity index (χ1v) is 15.9. The fraction of sp³-hybridized carbons (Fsp3) is 0.588. The van der Waals surface area contributed by atoms with Crippen molar-refractivity contribution in [2.75, 3.05) is 6.54 Å². The van der Waals surface area contributed by atoms with E-state index in [0.717, 1.165) is 6.42 Å². The number of nitrogens with one attached hydrogen (secondary N) is 4. The molecule has 4 atom stereocenters. The van der Waals surface area contributed by atoms with E-state index < -0.39 is 54.1 Å². The van der Waals surface area contributed by atoms with Crippen LogP contribution in [0.2, 0.25) is 0 Å². The zero-order chi connectivity index (χ0) is 34.1. The van der Waals surface area contributed by atoms with Crippen molar-refractivity contribution in [2.24, 2.45) is 29.4 Å². The third-order valence-electron chi connectivity index (χ3n) is 7.21. The average molecular weight is 628 g/mol. The van der Waals surface area contributed by atoms with E-state index in [1.165, 1.54) is 0 Å². The number of primary amides is 1. The van der Waals surface area contributed by atoms with Crippen molar-refractivity contribution in [3.8, 4) is 0 Å². The molecule has 2 unspecified atom stereocenters. The molecule has 0 aliphatic carbocycles. The van der Waals surface area contributed by atoms with Crippen LogP contribution in [0.15, 0.2) is 42.5 Å². The smallest absolute Gasteiger partial charge is 0.290 e. The monoisotopic (exact) mass is 627 g/mol. The first-order valence-electron chi connectivity index (χ1n) is 15.9. The van der Waals surface area contributed by atoms with Gasteiger partial charge in [-0.3, -0.25) is 28.8 Å². The van der Waals surface area contributed by atoms with Gasteiger partial charge in [-0.1, -0.05) is 97.4 Å². The molecular weight excluding hydrogens is 574 g/mol. The summed E-state index contributed by atoms with van der Waals surface area (Å²) in [4.78, 5) is 76.9. The van der Waals surface area contributed by atoms with Gasteiger partial charge in [0.05, 0.1) is 12.6 Å². The van der Waals surface area contributed by atoms with Crippen molar-refractivity contribution in [2.45, 2.75) is 98.7 Å². The molecule has 5 amide bonds. The van der Waals surface area contributed by atoms with Crippen LogP contribution in [0.25, 0.3) is 0 Å². The summed E-state index contributed by atoms with van der Waals surface area (Å²) in [6.45, 7) is 13.2. The predicted molar refractivity (Wildman–Crippen MR) is 174 cm³/mol. The Bertz CT molecular complexity index is 1160. The summed E-state index contributed by atoms with van der Waals surface area (Å²) in [5, 5.41) is 10.3. The fourth-order valence-electron chi connectivity index (χ4n) is 4.69. The number of hydrogen-bond acceptors (Lipinski definition) is 6. The van der Waals surface area contributed by atoms with E-state index in [1.54, 1.807) is 37.3 Å². The second-order valence-electron chi connectivity index (χ2n) is 12.6. The number of ketones is 1. The van der Waals surface area contributed by atoms with E-state index in [0.29, 0.717) is 30.7 Å². The van der Waals surface area contributed by atoms with Gasteiger partial charge in [-0.05, 0) is 49.0 Å². The fourth-order valence-corrected chi connectivity index (χ4v) is 4.69. The number of Topliss-reactive ketones (excluding diaryl/α,β-unsaturated/α-hetero) is 1. The maximum Gasteiger partial charge on any atom is 0.290 e. The first kappa shape index (κ1) is 39.0. The summed E-state index contributed by atoms with van der Waals surface area (Å²) in [5.41, 5.74) is 5.90. The Balaban J connectivity index is 2.91. The highest BCUT2D eigenvalue weighted by Gasteiger charge is 2.32. The maximum atomic E-state index is 13.4. The number of allylic oxidation sites excluding steroid dienone is 2. The zero-order valence-corrected chi connectivity index (χ0v) is 27.9. The van der Waals surface area contributed by atoms with Crippen LogP contribution < -0.4 is 27.0 Å². The Morgan fingerprint density at radius 1 is 0.778 bits per heavy atom. The van der Waals surface area contributed by atoms with Gasteiger partial charge in [-0.2, -0.15) is 0 Å². The molecule has 1 aromatic rings. The van der Waals surface area contributed by atoms with Crippen LogP contribution >= 0.6 is 0 Å². The first-order chi connectivity index (χ1) is 21.2. The highest BCUT2D eigenvalue weighted by molar-refractivity contribution is 6.38. The number of nitrogens with two attached hydrogens (primary N) is 1. The molecule has 1 aromatic carbocycles. The molecule has 6 N–H and O–H groups in total. The van der Waals surface area contributed by atoms with Crippen molar-refractivity contribution in [3.05, 3.63) is 48.0 Å². The second kappa shape index (κ2) is 20.1. The summed E-state index contributed by atoms with van der Waals surface area (Å²) in [6, 6.07) is 5.20. The SMILES string of the molecule is CCCC(NC(=O)[C@H](CC(C)C)NC(=O)C(C/C=C/CC(C)C)C(C)C)C(=O)C(=O)NCC(=O)N[C@H](C(N)=O)c1ccccc1. The van der Waals surface area contributed by atoms with Gasteiger partial charge < -0.3 is 27.0 Å². The molecule has 45 heavy (non-hydrogen) atoms. The summed E-state index contributed by atoms with van der Waals surface area (Å²) in [6.07, 6.45) is 6.54. The normalized spacial score (nSPS) is 14.1. The number of hydrogen-bond donors (Lipinski definition) is 5. The molecule has 0 saturated heterocycles. The van der Waals surface area contributed by atoms with Crippen LogP contribution in [0.3, 0.4) is 0 Å². The Labute approximate surface area is 267 Å². The number of carbonyl (C=O) groups excluding carboxylic acids is 6. The number of rotatable bonds is 20. The van der Waals surface area contributed by atoms with Crippen LogP contribution in [-0.4, -0.2) is 53.9 Å². The minimum absolute atomic E-state index is 0.0396. The largest absolute Gasteiger partial charge is 0.368 e. The number of amides is 5. The molecule has 11 nitrogen and oxygen atoms in total. The molecular formula is C34H53N5O6. The number of carbonyl (C=O) groups is 6. The van der Waals surface area contributed by atoms with Crippen LogP contribution in [-0.2, 0) is 28.8 Å². The van der Waals surface area contributed by atoms with E-state index in [1.807, 2.05) is 33.8 Å². The van der Waals surface area contributed by atoms with Crippen LogP contribution in [0.5, 0.6) is 0 Å². The van der Waals surface area contributed by atoms with E-state index in [-0.39, 0.29) is 30.1 Å². The molecule has 250 valence electrons. The third kappa shape index (κ3) is 14.5. The predicted octanol–water partition coefficient (Wildman–Crippen LogP) is 3.09. The van der Waals surface area contributed by atoms with Crippen molar-refractivity contribution >= 4 is 35.3 Å². The van der Waals surface area contributed by atoms with Crippen LogP contribution in [0.4, 0.5) is 0 Å². The van der Waals surface area contributed by atoms with E-state index >= 15 is 0 Å². The Morgan fingerprint density at radius 3 is 1.91 bits per heavy atom. The lowest BCUT2D eigenvalue weighted by atomic mass is 9.90. The van der Waals surface area contributed by atoms with Crippen molar-refractivity contribution in [3.63, 3.8) is 0 Å². The van der Waals surface area contributed by atoms with E-state index in [9.17, 15) is 28.8 Å². The van der Waals surface area contributed by atoms with Gasteiger partial charge in [0, 0.05) is 5.92 Å². The lowest BCUT2D eigenvalue weighted by Crippen LogP contribution is -2.55. The van der Waals surface area contributed by atoms with Crippen LogP contribution in [0.1, 0.15) is 92.2 Å². The summed E-state index contributed by atoms with van der Waals surface area (Å²) >= 11 is 0. The highest BCUT2D eigenvalue weighted by atomic mass is 16.2. The Hall–Kier alpha value is -4.02. The minimum atomic E-state index is -1.15. The topological polar surface area (TPSA) is 177 Å². The zero-order valence-electron chi connectivity index (χ0n) is 27.9. The molecule has 0 aliphatic rings. The molecule has 1 rings (SSSR count). The molecule has 0 heterocycles. The van der Waals surface area contributed by atoms with Gasteiger partial charge in [0.15, 0.2) is 0 Å². The average Bonchev–Trinajstić information content (AvgIpc) is 2.97. The maximum absolute atomic E-state index is 13.4. The van der Waals surface area contributed by atoms with Gasteiger partial charge in [-0.15, -0.1) is 0 Å². The molecule has 0 bridgehead atoms. The van der Waals surface area contributed by atoms with Gasteiger partial charge >= 0.3 is 0 Å². The van der Waals surface area contributed by atoms with E-state index in [2.05, 4.69) is 41.2 Å². The quantitative estimate of drug-likeness (QED) is 0.110. The Kier molecular flexibility index (Phi) is 17.4. The molecule has 0 radical (unpaired) electrons. The number of benzene rings is 1. The van der Waals surface area contributed by atoms with Crippen molar-refractivity contribution < 1.29 is 28.8 Å². The second-order valence-corrected chi connectivity index (χ2v) is 12.6. The van der Waals surface area contributed by atoms with Gasteiger partial charge in [0.1, 0.15) is 12.1 Å². The van der Waals surface area contributed by atoms with Gasteiger partial charge in [0.25, 0.3) is 5.91 Å². The minimum Gasteiger partial charge on any atom is -0.368 e. The molecule has 0 aliphatic heterocycles. The molecule has 0 aromatic heterocycles. The van der Waals surface area contributed by atoms with Gasteiger partial charge in [-0.25, -0.2) is 0 Å². The standard InChI is InChI=1S/C34H53N5O6/c1-8-14-26(30(41)34(45)36-20-28(40)39-29(31(35)42)24-16-10-9-11-17-24)37-33(44)27(19-22(4)5)38-32(43)25(23(6)7)18-13-12-15-21(2)3/h9-13,16-17,21-23,25-27,29H,8,14-15,18-20H2,1-7H3,(H2,35,42)(H,36,45)(H,37,44)(H,38,43)(H,39,40)/b13-12+/t25?,26?,27-,29-/m0/s1. The molecule has 0 spiro atoms. The van der Waals surface area contributed by atoms with Crippen LogP contribution in [0, 0.1) is 23.7 Å². The van der Waals surface area contributed by atoms with Crippen molar-refractivity contribution in [1.29, 1.82) is 0 Å². The molecule has 11 heteroatoms. The lowest BCUT2D eigenvalue weighted by molar-refractivity contribution is -0.141. The third-order valence-corrected chi connectivity index (χ3v) is 7.21. The van der Waals surface area contributed by atoms with Gasteiger partial charge in [0.2, 0.25) is 29.4 Å². The lowest BCUT2D eigenvalue weighted by Gasteiger charge is -2.26. The Morgan fingerprint density at radius 2 is 1.38 bits per heavy atom.